The number of benzene rings is 1. The molecule has 104 valence electrons. The first kappa shape index (κ1) is 13.6. The molecular formula is C10H7ClF3NO4. The van der Waals surface area contributed by atoms with Crippen molar-refractivity contribution in [3.63, 3.8) is 0 Å². The van der Waals surface area contributed by atoms with Gasteiger partial charge in [0.05, 0.1) is 7.11 Å². The van der Waals surface area contributed by atoms with Crippen LogP contribution in [0.5, 0.6) is 11.5 Å². The molecule has 9 heteroatoms. The van der Waals surface area contributed by atoms with Gasteiger partial charge in [0.25, 0.3) is 0 Å². The van der Waals surface area contributed by atoms with E-state index in [0.717, 1.165) is 13.2 Å². The van der Waals surface area contributed by atoms with Gasteiger partial charge in [-0.05, 0) is 12.1 Å². The normalized spacial score (nSPS) is 21.1. The van der Waals surface area contributed by atoms with Crippen LogP contribution >= 0.6 is 11.6 Å². The summed E-state index contributed by atoms with van der Waals surface area (Å²) in [5.74, 6) is -3.76. The maximum atomic E-state index is 13.0. The van der Waals surface area contributed by atoms with Gasteiger partial charge in [0.1, 0.15) is 0 Å². The number of methoxy groups -OCH3 is 1. The number of hydrogen-bond donors (Lipinski definition) is 1. The number of fused-ring (bicyclic) bond motifs is 1. The van der Waals surface area contributed by atoms with Gasteiger partial charge < -0.3 is 14.2 Å². The fraction of sp³-hybridized carbons (Fsp3) is 0.300. The van der Waals surface area contributed by atoms with Crippen LogP contribution in [0.3, 0.4) is 0 Å². The van der Waals surface area contributed by atoms with Crippen LogP contribution in [-0.2, 0) is 4.74 Å². The number of hydrogen-bond acceptors (Lipinski definition) is 4. The lowest BCUT2D eigenvalue weighted by Gasteiger charge is -2.28. The average Bonchev–Trinajstić information content (AvgIpc) is 2.66. The van der Waals surface area contributed by atoms with Gasteiger partial charge >= 0.3 is 18.2 Å². The lowest BCUT2D eigenvalue weighted by Crippen LogP contribution is -2.64. The first-order valence-corrected chi connectivity index (χ1v) is 5.25. The Labute approximate surface area is 110 Å². The number of alkyl halides is 3. The Kier molecular flexibility index (Phi) is 3.13. The van der Waals surface area contributed by atoms with Gasteiger partial charge in [-0.15, -0.1) is 0 Å². The van der Waals surface area contributed by atoms with Crippen molar-refractivity contribution in [1.82, 2.24) is 5.32 Å². The summed E-state index contributed by atoms with van der Waals surface area (Å²) >= 11 is 5.63. The maximum Gasteiger partial charge on any atom is 0.492 e. The molecule has 1 unspecified atom stereocenters. The van der Waals surface area contributed by atoms with Gasteiger partial charge in [0.15, 0.2) is 11.5 Å². The van der Waals surface area contributed by atoms with Gasteiger partial charge in [-0.3, -0.25) is 0 Å². The quantitative estimate of drug-likeness (QED) is 0.866. The molecule has 1 amide bonds. The van der Waals surface area contributed by atoms with E-state index >= 15 is 0 Å². The lowest BCUT2D eigenvalue weighted by atomic mass is 10.3. The first-order valence-electron chi connectivity index (χ1n) is 4.88. The summed E-state index contributed by atoms with van der Waals surface area (Å²) in [6.45, 7) is 0. The van der Waals surface area contributed by atoms with Crippen molar-refractivity contribution in [2.45, 2.75) is 12.1 Å². The molecule has 0 fully saturated rings. The second-order valence-corrected chi connectivity index (χ2v) is 3.96. The minimum absolute atomic E-state index is 0.165. The number of alkyl carbamates (subject to hydrolysis) is 1. The standard InChI is InChI=1S/C10H7ClF3NO4/c1-17-8(16)15-10(9(12,13)14)18-6-3-2-5(11)4-7(6)19-10/h2-4H,1H3,(H,15,16). The summed E-state index contributed by atoms with van der Waals surface area (Å²) in [5.41, 5.74) is 0. The Morgan fingerprint density at radius 2 is 2.00 bits per heavy atom. The molecule has 0 saturated carbocycles. The topological polar surface area (TPSA) is 56.8 Å². The van der Waals surface area contributed by atoms with Crippen molar-refractivity contribution >= 4 is 17.7 Å². The van der Waals surface area contributed by atoms with E-state index in [-0.39, 0.29) is 16.5 Å². The largest absolute Gasteiger partial charge is 0.492 e. The van der Waals surface area contributed by atoms with Crippen molar-refractivity contribution in [3.8, 4) is 11.5 Å². The van der Waals surface area contributed by atoms with E-state index in [4.69, 9.17) is 11.6 Å². The molecule has 19 heavy (non-hydrogen) atoms. The molecule has 1 aliphatic rings. The van der Waals surface area contributed by atoms with Crippen molar-refractivity contribution in [2.24, 2.45) is 0 Å². The number of carbonyl (C=O) groups is 1. The highest BCUT2D eigenvalue weighted by Crippen LogP contribution is 2.46. The molecule has 0 saturated heterocycles. The third-order valence-electron chi connectivity index (χ3n) is 2.24. The van der Waals surface area contributed by atoms with E-state index in [0.29, 0.717) is 0 Å². The van der Waals surface area contributed by atoms with Gasteiger partial charge in [-0.1, -0.05) is 11.6 Å². The molecular weight excluding hydrogens is 291 g/mol. The minimum atomic E-state index is -5.02. The van der Waals surface area contributed by atoms with Gasteiger partial charge in [-0.2, -0.15) is 13.2 Å². The molecule has 1 aliphatic heterocycles. The molecule has 0 aromatic heterocycles. The predicted octanol–water partition coefficient (Wildman–Crippen LogP) is 2.68. The summed E-state index contributed by atoms with van der Waals surface area (Å²) in [4.78, 5) is 11.0. The molecule has 0 bridgehead atoms. The second kappa shape index (κ2) is 4.37. The van der Waals surface area contributed by atoms with Crippen LogP contribution in [-0.4, -0.2) is 25.3 Å². The molecule has 1 aromatic carbocycles. The van der Waals surface area contributed by atoms with E-state index in [9.17, 15) is 18.0 Å². The molecule has 2 rings (SSSR count). The summed E-state index contributed by atoms with van der Waals surface area (Å²) in [5, 5.41) is 1.64. The number of ether oxygens (including phenoxy) is 3. The fourth-order valence-electron chi connectivity index (χ4n) is 1.40. The van der Waals surface area contributed by atoms with E-state index in [1.165, 1.54) is 17.4 Å². The molecule has 5 nitrogen and oxygen atoms in total. The molecule has 0 radical (unpaired) electrons. The molecule has 0 aliphatic carbocycles. The van der Waals surface area contributed by atoms with Gasteiger partial charge in [0, 0.05) is 11.1 Å². The Morgan fingerprint density at radius 1 is 1.37 bits per heavy atom. The number of amides is 1. The SMILES string of the molecule is COC(=O)NC1(C(F)(F)F)Oc2ccc(Cl)cc2O1. The lowest BCUT2D eigenvalue weighted by molar-refractivity contribution is -0.318. The molecule has 1 atom stereocenters. The van der Waals surface area contributed by atoms with Crippen LogP contribution in [0.2, 0.25) is 5.02 Å². The summed E-state index contributed by atoms with van der Waals surface area (Å²) in [6.07, 6.45) is -6.37. The fourth-order valence-corrected chi connectivity index (χ4v) is 1.56. The van der Waals surface area contributed by atoms with Crippen LogP contribution in [0.1, 0.15) is 0 Å². The molecule has 1 N–H and O–H groups in total. The third kappa shape index (κ3) is 2.35. The van der Waals surface area contributed by atoms with Crippen LogP contribution in [0, 0.1) is 0 Å². The highest BCUT2D eigenvalue weighted by atomic mass is 35.5. The highest BCUT2D eigenvalue weighted by molar-refractivity contribution is 6.30. The smallest absolute Gasteiger partial charge is 0.453 e. The Hall–Kier alpha value is -1.83. The van der Waals surface area contributed by atoms with Crippen molar-refractivity contribution in [1.29, 1.82) is 0 Å². The minimum Gasteiger partial charge on any atom is -0.453 e. The zero-order chi connectivity index (χ0) is 14.3. The number of carbonyl (C=O) groups excluding carboxylic acids is 1. The van der Waals surface area contributed by atoms with Crippen LogP contribution < -0.4 is 14.8 Å². The van der Waals surface area contributed by atoms with Crippen molar-refractivity contribution in [3.05, 3.63) is 23.2 Å². The number of rotatable bonds is 1. The highest BCUT2D eigenvalue weighted by Gasteiger charge is 2.66. The molecule has 1 aromatic rings. The van der Waals surface area contributed by atoms with Crippen LogP contribution in [0.4, 0.5) is 18.0 Å². The van der Waals surface area contributed by atoms with Crippen LogP contribution in [0.15, 0.2) is 18.2 Å². The Bertz CT molecular complexity index is 522. The first-order chi connectivity index (χ1) is 8.77. The van der Waals surface area contributed by atoms with Crippen molar-refractivity contribution < 1.29 is 32.2 Å². The van der Waals surface area contributed by atoms with Gasteiger partial charge in [0.2, 0.25) is 0 Å². The summed E-state index contributed by atoms with van der Waals surface area (Å²) < 4.78 is 52.5. The van der Waals surface area contributed by atoms with Gasteiger partial charge in [-0.25, -0.2) is 10.1 Å². The van der Waals surface area contributed by atoms with E-state index in [1.54, 1.807) is 0 Å². The predicted molar refractivity (Wildman–Crippen MR) is 57.0 cm³/mol. The Morgan fingerprint density at radius 3 is 2.58 bits per heavy atom. The monoisotopic (exact) mass is 297 g/mol. The molecule has 0 spiro atoms. The van der Waals surface area contributed by atoms with E-state index in [1.807, 2.05) is 0 Å². The number of nitrogens with one attached hydrogen (secondary N) is 1. The maximum absolute atomic E-state index is 13.0. The zero-order valence-corrected chi connectivity index (χ0v) is 10.1. The van der Waals surface area contributed by atoms with Crippen LogP contribution in [0.25, 0.3) is 0 Å². The summed E-state index contributed by atoms with van der Waals surface area (Å²) in [7, 11) is 0.915. The van der Waals surface area contributed by atoms with E-state index in [2.05, 4.69) is 14.2 Å². The third-order valence-corrected chi connectivity index (χ3v) is 2.47. The second-order valence-electron chi connectivity index (χ2n) is 3.53. The number of halogens is 4. The Balaban J connectivity index is 2.37. The average molecular weight is 298 g/mol. The summed E-state index contributed by atoms with van der Waals surface area (Å²) in [6, 6.07) is 3.67. The zero-order valence-electron chi connectivity index (χ0n) is 9.38. The molecule has 1 heterocycles. The van der Waals surface area contributed by atoms with E-state index < -0.39 is 18.2 Å². The van der Waals surface area contributed by atoms with Crippen molar-refractivity contribution in [2.75, 3.05) is 7.11 Å².